The van der Waals surface area contributed by atoms with Gasteiger partial charge in [-0.1, -0.05) is 54.5 Å². The van der Waals surface area contributed by atoms with Gasteiger partial charge in [0.05, 0.1) is 13.1 Å². The van der Waals surface area contributed by atoms with Gasteiger partial charge in [0.25, 0.3) is 0 Å². The molecule has 106 valence electrons. The fourth-order valence-corrected chi connectivity index (χ4v) is 2.06. The summed E-state index contributed by atoms with van der Waals surface area (Å²) in [5, 5.41) is 2.70. The molecule has 0 aliphatic rings. The third kappa shape index (κ3) is 4.70. The van der Waals surface area contributed by atoms with Crippen LogP contribution in [0.25, 0.3) is 0 Å². The van der Waals surface area contributed by atoms with Crippen LogP contribution in [0, 0.1) is 12.3 Å². The Kier molecular flexibility index (Phi) is 5.42. The fraction of sp³-hybridized carbons (Fsp3) is 0.167. The van der Waals surface area contributed by atoms with Crippen molar-refractivity contribution in [3.8, 4) is 12.3 Å². The van der Waals surface area contributed by atoms with Gasteiger partial charge in [0.15, 0.2) is 0 Å². The van der Waals surface area contributed by atoms with E-state index in [4.69, 9.17) is 6.42 Å². The number of hydrogen-bond donors (Lipinski definition) is 1. The van der Waals surface area contributed by atoms with E-state index in [-0.39, 0.29) is 19.0 Å². The van der Waals surface area contributed by atoms with Crippen LogP contribution in [0.4, 0.5) is 5.69 Å². The van der Waals surface area contributed by atoms with Gasteiger partial charge in [0, 0.05) is 12.2 Å². The molecule has 1 N–H and O–H groups in total. The zero-order valence-electron chi connectivity index (χ0n) is 11.8. The number of terminal acetylenes is 1. The summed E-state index contributed by atoms with van der Waals surface area (Å²) in [6.45, 7) is 1.21. The first-order valence-electron chi connectivity index (χ1n) is 6.83. The molecule has 0 atom stereocenters. The maximum Gasteiger partial charge on any atom is 0.240 e. The second kappa shape index (κ2) is 7.76. The zero-order chi connectivity index (χ0) is 14.9. The molecule has 0 unspecified atom stereocenters. The topological polar surface area (TPSA) is 32.3 Å². The van der Waals surface area contributed by atoms with E-state index >= 15 is 0 Å². The maximum atomic E-state index is 11.9. The largest absolute Gasteiger partial charge is 0.358 e. The van der Waals surface area contributed by atoms with E-state index in [9.17, 15) is 4.79 Å². The molecule has 0 saturated heterocycles. The number of amides is 1. The Morgan fingerprint density at radius 3 is 2.29 bits per heavy atom. The molecule has 21 heavy (non-hydrogen) atoms. The van der Waals surface area contributed by atoms with Gasteiger partial charge in [-0.15, -0.1) is 6.42 Å². The van der Waals surface area contributed by atoms with Crippen LogP contribution >= 0.6 is 0 Å². The SMILES string of the molecule is C#CCNC(=O)CN(Cc1ccccc1)c1ccccc1. The number of hydrogen-bond acceptors (Lipinski definition) is 2. The summed E-state index contributed by atoms with van der Waals surface area (Å²) in [6, 6.07) is 20.0. The van der Waals surface area contributed by atoms with Gasteiger partial charge < -0.3 is 10.2 Å². The average molecular weight is 278 g/mol. The van der Waals surface area contributed by atoms with Crippen LogP contribution in [-0.2, 0) is 11.3 Å². The highest BCUT2D eigenvalue weighted by Crippen LogP contribution is 2.16. The Labute approximate surface area is 125 Å². The van der Waals surface area contributed by atoms with Crippen molar-refractivity contribution in [3.63, 3.8) is 0 Å². The number of anilines is 1. The first-order valence-corrected chi connectivity index (χ1v) is 6.83. The lowest BCUT2D eigenvalue weighted by Gasteiger charge is -2.24. The molecular formula is C18H18N2O. The summed E-state index contributed by atoms with van der Waals surface area (Å²) in [5.41, 5.74) is 2.17. The van der Waals surface area contributed by atoms with Crippen LogP contribution in [0.3, 0.4) is 0 Å². The number of carbonyl (C=O) groups is 1. The first kappa shape index (κ1) is 14.7. The third-order valence-corrected chi connectivity index (χ3v) is 3.06. The molecule has 0 saturated carbocycles. The Bertz CT molecular complexity index is 602. The summed E-state index contributed by atoms with van der Waals surface area (Å²) in [5.74, 6) is 2.33. The maximum absolute atomic E-state index is 11.9. The molecule has 3 heteroatoms. The fourth-order valence-electron chi connectivity index (χ4n) is 2.06. The predicted molar refractivity (Wildman–Crippen MR) is 85.8 cm³/mol. The smallest absolute Gasteiger partial charge is 0.240 e. The Morgan fingerprint density at radius 1 is 1.05 bits per heavy atom. The molecule has 0 aromatic heterocycles. The predicted octanol–water partition coefficient (Wildman–Crippen LogP) is 2.44. The van der Waals surface area contributed by atoms with Crippen molar-refractivity contribution in [1.29, 1.82) is 0 Å². The molecular weight excluding hydrogens is 260 g/mol. The minimum atomic E-state index is -0.0762. The summed E-state index contributed by atoms with van der Waals surface area (Å²) >= 11 is 0. The first-order chi connectivity index (χ1) is 10.3. The Morgan fingerprint density at radius 2 is 1.67 bits per heavy atom. The molecule has 0 spiro atoms. The van der Waals surface area contributed by atoms with Crippen molar-refractivity contribution < 1.29 is 4.79 Å². The average Bonchev–Trinajstić information content (AvgIpc) is 2.54. The van der Waals surface area contributed by atoms with Crippen molar-refractivity contribution in [3.05, 3.63) is 66.2 Å². The molecule has 0 radical (unpaired) electrons. The number of rotatable bonds is 6. The van der Waals surface area contributed by atoms with Gasteiger partial charge in [0.1, 0.15) is 0 Å². The highest BCUT2D eigenvalue weighted by Gasteiger charge is 2.11. The molecule has 0 aliphatic carbocycles. The molecule has 0 aliphatic heterocycles. The van der Waals surface area contributed by atoms with Crippen molar-refractivity contribution in [1.82, 2.24) is 5.32 Å². The van der Waals surface area contributed by atoms with E-state index in [0.29, 0.717) is 6.54 Å². The zero-order valence-corrected chi connectivity index (χ0v) is 11.8. The van der Waals surface area contributed by atoms with E-state index in [2.05, 4.69) is 23.4 Å². The minimum absolute atomic E-state index is 0.0762. The lowest BCUT2D eigenvalue weighted by molar-refractivity contribution is -0.119. The number of carbonyl (C=O) groups excluding carboxylic acids is 1. The van der Waals surface area contributed by atoms with Crippen molar-refractivity contribution >= 4 is 11.6 Å². The summed E-state index contributed by atoms with van der Waals surface area (Å²) in [7, 11) is 0. The third-order valence-electron chi connectivity index (χ3n) is 3.06. The number of nitrogens with zero attached hydrogens (tertiary/aromatic N) is 1. The molecule has 0 heterocycles. The van der Waals surface area contributed by atoms with Gasteiger partial charge in [-0.25, -0.2) is 0 Å². The van der Waals surface area contributed by atoms with Crippen LogP contribution < -0.4 is 10.2 Å². The highest BCUT2D eigenvalue weighted by atomic mass is 16.2. The van der Waals surface area contributed by atoms with Crippen molar-refractivity contribution in [2.45, 2.75) is 6.54 Å². The van der Waals surface area contributed by atoms with Crippen molar-refractivity contribution in [2.24, 2.45) is 0 Å². The van der Waals surface area contributed by atoms with Gasteiger partial charge in [0.2, 0.25) is 5.91 Å². The van der Waals surface area contributed by atoms with Gasteiger partial charge in [-0.05, 0) is 17.7 Å². The van der Waals surface area contributed by atoms with Crippen LogP contribution in [0.15, 0.2) is 60.7 Å². The van der Waals surface area contributed by atoms with E-state index in [1.807, 2.05) is 53.4 Å². The van der Waals surface area contributed by atoms with Gasteiger partial charge in [-0.2, -0.15) is 0 Å². The monoisotopic (exact) mass is 278 g/mol. The Hall–Kier alpha value is -2.73. The highest BCUT2D eigenvalue weighted by molar-refractivity contribution is 5.81. The lowest BCUT2D eigenvalue weighted by atomic mass is 10.2. The molecule has 1 amide bonds. The summed E-state index contributed by atoms with van der Waals surface area (Å²) < 4.78 is 0. The second-order valence-corrected chi connectivity index (χ2v) is 4.66. The lowest BCUT2D eigenvalue weighted by Crippen LogP contribution is -2.37. The van der Waals surface area contributed by atoms with Crippen LogP contribution in [0.5, 0.6) is 0 Å². The molecule has 2 aromatic carbocycles. The minimum Gasteiger partial charge on any atom is -0.358 e. The molecule has 3 nitrogen and oxygen atoms in total. The van der Waals surface area contributed by atoms with Gasteiger partial charge in [-0.3, -0.25) is 4.79 Å². The van der Waals surface area contributed by atoms with E-state index < -0.39 is 0 Å². The Balaban J connectivity index is 2.11. The number of para-hydroxylation sites is 1. The molecule has 0 bridgehead atoms. The van der Waals surface area contributed by atoms with Crippen LogP contribution in [-0.4, -0.2) is 19.0 Å². The van der Waals surface area contributed by atoms with E-state index in [0.717, 1.165) is 11.3 Å². The number of nitrogens with one attached hydrogen (secondary N) is 1. The summed E-state index contributed by atoms with van der Waals surface area (Å²) in [6.07, 6.45) is 5.16. The molecule has 0 fully saturated rings. The van der Waals surface area contributed by atoms with E-state index in [1.165, 1.54) is 0 Å². The standard InChI is InChI=1S/C18H18N2O/c1-2-13-19-18(21)15-20(17-11-7-4-8-12-17)14-16-9-5-3-6-10-16/h1,3-12H,13-15H2,(H,19,21). The second-order valence-electron chi connectivity index (χ2n) is 4.66. The quantitative estimate of drug-likeness (QED) is 0.823. The summed E-state index contributed by atoms with van der Waals surface area (Å²) in [4.78, 5) is 14.0. The normalized spacial score (nSPS) is 9.67. The van der Waals surface area contributed by atoms with Crippen molar-refractivity contribution in [2.75, 3.05) is 18.0 Å². The van der Waals surface area contributed by atoms with Gasteiger partial charge >= 0.3 is 0 Å². The van der Waals surface area contributed by atoms with E-state index in [1.54, 1.807) is 0 Å². The number of benzene rings is 2. The van der Waals surface area contributed by atoms with Crippen LogP contribution in [0.2, 0.25) is 0 Å². The molecule has 2 aromatic rings. The van der Waals surface area contributed by atoms with Crippen LogP contribution in [0.1, 0.15) is 5.56 Å². The molecule has 2 rings (SSSR count).